The first kappa shape index (κ1) is 21.4. The molecule has 6 nitrogen and oxygen atoms in total. The summed E-state index contributed by atoms with van der Waals surface area (Å²) < 4.78 is 24.2. The Morgan fingerprint density at radius 2 is 1.74 bits per heavy atom. The Morgan fingerprint density at radius 3 is 2.42 bits per heavy atom. The van der Waals surface area contributed by atoms with E-state index in [9.17, 15) is 13.2 Å². The van der Waals surface area contributed by atoms with E-state index in [-0.39, 0.29) is 17.2 Å². The van der Waals surface area contributed by atoms with Crippen LogP contribution in [0.15, 0.2) is 71.9 Å². The summed E-state index contributed by atoms with van der Waals surface area (Å²) in [6.45, 7) is 0.344. The summed E-state index contributed by atoms with van der Waals surface area (Å²) in [6.07, 6.45) is 4.63. The Bertz CT molecular complexity index is 1340. The number of anilines is 1. The van der Waals surface area contributed by atoms with Crippen LogP contribution < -0.4 is 4.90 Å². The molecule has 1 amide bonds. The van der Waals surface area contributed by atoms with Gasteiger partial charge in [0.15, 0.2) is 15.0 Å². The van der Waals surface area contributed by atoms with Crippen LogP contribution in [-0.4, -0.2) is 30.5 Å². The van der Waals surface area contributed by atoms with E-state index in [1.807, 2.05) is 24.3 Å². The number of carbonyl (C=O) groups excluding carboxylic acids is 1. The molecule has 9 heteroatoms. The molecule has 0 aliphatic rings. The van der Waals surface area contributed by atoms with Crippen LogP contribution in [0, 0.1) is 0 Å². The van der Waals surface area contributed by atoms with E-state index in [0.29, 0.717) is 16.7 Å². The van der Waals surface area contributed by atoms with Crippen molar-refractivity contribution >= 4 is 54.0 Å². The summed E-state index contributed by atoms with van der Waals surface area (Å²) in [5.41, 5.74) is 2.42. The number of amides is 1. The summed E-state index contributed by atoms with van der Waals surface area (Å²) in [5.74, 6) is -0.144. The molecule has 158 valence electrons. The predicted molar refractivity (Wildman–Crippen MR) is 123 cm³/mol. The zero-order chi connectivity index (χ0) is 22.0. The number of sulfone groups is 1. The van der Waals surface area contributed by atoms with Gasteiger partial charge in [-0.3, -0.25) is 14.7 Å². The van der Waals surface area contributed by atoms with Crippen molar-refractivity contribution in [2.75, 3.05) is 11.2 Å². The number of benzene rings is 2. The molecule has 0 saturated carbocycles. The molecule has 0 N–H and O–H groups in total. The van der Waals surface area contributed by atoms with Crippen LogP contribution in [-0.2, 0) is 27.6 Å². The summed E-state index contributed by atoms with van der Waals surface area (Å²) >= 11 is 7.50. The van der Waals surface area contributed by atoms with Crippen molar-refractivity contribution in [2.24, 2.45) is 0 Å². The molecular formula is C22H18ClN3O3S2. The van der Waals surface area contributed by atoms with E-state index in [4.69, 9.17) is 11.6 Å². The van der Waals surface area contributed by atoms with Crippen molar-refractivity contribution in [1.82, 2.24) is 9.97 Å². The maximum absolute atomic E-state index is 13.3. The molecule has 0 spiro atoms. The predicted octanol–water partition coefficient (Wildman–Crippen LogP) is 4.52. The van der Waals surface area contributed by atoms with E-state index < -0.39 is 9.84 Å². The third kappa shape index (κ3) is 5.10. The van der Waals surface area contributed by atoms with Gasteiger partial charge in [0.1, 0.15) is 0 Å². The van der Waals surface area contributed by atoms with Crippen molar-refractivity contribution in [1.29, 1.82) is 0 Å². The monoisotopic (exact) mass is 471 g/mol. The second-order valence-corrected chi connectivity index (χ2v) is 10.5. The van der Waals surface area contributed by atoms with Crippen LogP contribution in [0.5, 0.6) is 0 Å². The standard InChI is InChI=1S/C22H18ClN3O3S2/c1-31(28,29)18-5-2-15(3-6-18)12-21(27)26(14-16-8-10-24-11-9-16)22-25-19-7-4-17(23)13-20(19)30-22/h2-11,13H,12,14H2,1H3. The lowest BCUT2D eigenvalue weighted by atomic mass is 10.1. The molecule has 2 aromatic carbocycles. The lowest BCUT2D eigenvalue weighted by molar-refractivity contribution is -0.118. The number of carbonyl (C=O) groups is 1. The SMILES string of the molecule is CS(=O)(=O)c1ccc(CC(=O)N(Cc2ccncc2)c2nc3ccc(Cl)cc3s2)cc1. The van der Waals surface area contributed by atoms with Crippen LogP contribution in [0.4, 0.5) is 5.13 Å². The van der Waals surface area contributed by atoms with E-state index in [1.165, 1.54) is 23.5 Å². The highest BCUT2D eigenvalue weighted by Crippen LogP contribution is 2.32. The Labute approximate surface area is 189 Å². The lowest BCUT2D eigenvalue weighted by Crippen LogP contribution is -2.31. The molecule has 0 aliphatic heterocycles. The van der Waals surface area contributed by atoms with Gasteiger partial charge in [-0.05, 0) is 53.6 Å². The maximum atomic E-state index is 13.3. The molecule has 0 radical (unpaired) electrons. The number of aromatic nitrogens is 2. The normalized spacial score (nSPS) is 11.5. The van der Waals surface area contributed by atoms with Gasteiger partial charge in [0.2, 0.25) is 5.91 Å². The Kier molecular flexibility index (Phi) is 6.04. The van der Waals surface area contributed by atoms with Gasteiger partial charge >= 0.3 is 0 Å². The van der Waals surface area contributed by atoms with Crippen LogP contribution in [0.2, 0.25) is 5.02 Å². The molecule has 0 unspecified atom stereocenters. The molecule has 0 atom stereocenters. The van der Waals surface area contributed by atoms with Gasteiger partial charge < -0.3 is 0 Å². The van der Waals surface area contributed by atoms with Crippen LogP contribution >= 0.6 is 22.9 Å². The minimum Gasteiger partial charge on any atom is -0.283 e. The Morgan fingerprint density at radius 1 is 1.03 bits per heavy atom. The molecular weight excluding hydrogens is 454 g/mol. The fourth-order valence-corrected chi connectivity index (χ4v) is 4.95. The van der Waals surface area contributed by atoms with Gasteiger partial charge in [0, 0.05) is 23.7 Å². The first-order valence-corrected chi connectivity index (χ1v) is 12.4. The fourth-order valence-electron chi connectivity index (χ4n) is 3.06. The molecule has 0 fully saturated rings. The fraction of sp³-hybridized carbons (Fsp3) is 0.136. The van der Waals surface area contributed by atoms with Crippen molar-refractivity contribution in [2.45, 2.75) is 17.9 Å². The zero-order valence-corrected chi connectivity index (χ0v) is 18.9. The van der Waals surface area contributed by atoms with Gasteiger partial charge in [-0.1, -0.05) is 35.1 Å². The van der Waals surface area contributed by atoms with Crippen molar-refractivity contribution in [3.05, 3.63) is 83.1 Å². The molecule has 0 bridgehead atoms. The van der Waals surface area contributed by atoms with Crippen LogP contribution in [0.25, 0.3) is 10.2 Å². The number of pyridine rings is 1. The average molecular weight is 472 g/mol. The molecule has 2 heterocycles. The van der Waals surface area contributed by atoms with Gasteiger partial charge in [0.25, 0.3) is 0 Å². The highest BCUT2D eigenvalue weighted by Gasteiger charge is 2.21. The minimum absolute atomic E-state index is 0.117. The molecule has 31 heavy (non-hydrogen) atoms. The van der Waals surface area contributed by atoms with Gasteiger partial charge in [-0.25, -0.2) is 13.4 Å². The number of nitrogens with zero attached hydrogens (tertiary/aromatic N) is 3. The van der Waals surface area contributed by atoms with Crippen LogP contribution in [0.1, 0.15) is 11.1 Å². The topological polar surface area (TPSA) is 80.2 Å². The van der Waals surface area contributed by atoms with E-state index in [0.717, 1.165) is 27.6 Å². The average Bonchev–Trinajstić information content (AvgIpc) is 3.15. The molecule has 4 aromatic rings. The second-order valence-electron chi connectivity index (χ2n) is 7.04. The van der Waals surface area contributed by atoms with E-state index >= 15 is 0 Å². The van der Waals surface area contributed by atoms with Gasteiger partial charge in [-0.2, -0.15) is 0 Å². The third-order valence-corrected chi connectivity index (χ3v) is 7.07. The largest absolute Gasteiger partial charge is 0.283 e. The molecule has 0 saturated heterocycles. The Hall–Kier alpha value is -2.81. The highest BCUT2D eigenvalue weighted by molar-refractivity contribution is 7.90. The van der Waals surface area contributed by atoms with E-state index in [2.05, 4.69) is 9.97 Å². The van der Waals surface area contributed by atoms with E-state index in [1.54, 1.807) is 35.5 Å². The first-order valence-electron chi connectivity index (χ1n) is 9.34. The summed E-state index contributed by atoms with van der Waals surface area (Å²) in [7, 11) is -3.29. The van der Waals surface area contributed by atoms with Crippen molar-refractivity contribution in [3.63, 3.8) is 0 Å². The second kappa shape index (κ2) is 8.74. The lowest BCUT2D eigenvalue weighted by Gasteiger charge is -2.20. The molecule has 4 rings (SSSR count). The molecule has 2 aromatic heterocycles. The molecule has 0 aliphatic carbocycles. The minimum atomic E-state index is -3.29. The Balaban J connectivity index is 1.65. The summed E-state index contributed by atoms with van der Waals surface area (Å²) in [6, 6.07) is 15.5. The maximum Gasteiger partial charge on any atom is 0.233 e. The number of rotatable bonds is 6. The number of hydrogen-bond acceptors (Lipinski definition) is 6. The zero-order valence-electron chi connectivity index (χ0n) is 16.5. The first-order chi connectivity index (χ1) is 14.8. The number of hydrogen-bond donors (Lipinski definition) is 0. The van der Waals surface area contributed by atoms with Crippen LogP contribution in [0.3, 0.4) is 0 Å². The summed E-state index contributed by atoms with van der Waals surface area (Å²) in [4.78, 5) is 23.8. The summed E-state index contributed by atoms with van der Waals surface area (Å²) in [5, 5.41) is 1.19. The van der Waals surface area contributed by atoms with Crippen molar-refractivity contribution in [3.8, 4) is 0 Å². The number of thiazole rings is 1. The number of halogens is 1. The smallest absolute Gasteiger partial charge is 0.233 e. The van der Waals surface area contributed by atoms with Crippen molar-refractivity contribution < 1.29 is 13.2 Å². The van der Waals surface area contributed by atoms with Gasteiger partial charge in [-0.15, -0.1) is 0 Å². The van der Waals surface area contributed by atoms with Gasteiger partial charge in [0.05, 0.1) is 28.1 Å². The number of fused-ring (bicyclic) bond motifs is 1. The third-order valence-electron chi connectivity index (χ3n) is 4.67. The quantitative estimate of drug-likeness (QED) is 0.413. The highest BCUT2D eigenvalue weighted by atomic mass is 35.5.